The third kappa shape index (κ3) is 4.53. The molecule has 0 aromatic rings. The first kappa shape index (κ1) is 11.8. The van der Waals surface area contributed by atoms with Gasteiger partial charge < -0.3 is 6.53 Å². The molecule has 0 fully saturated rings. The number of carboxylic acid groups (broad SMARTS) is 1. The molecule has 1 N–H and O–H groups in total. The van der Waals surface area contributed by atoms with Gasteiger partial charge in [0.2, 0.25) is 0 Å². The van der Waals surface area contributed by atoms with Gasteiger partial charge in [-0.2, -0.15) is 0 Å². The summed E-state index contributed by atoms with van der Waals surface area (Å²) in [5.74, 6) is -0.782. The van der Waals surface area contributed by atoms with Crippen LogP contribution < -0.4 is 18.9 Å². The Morgan fingerprint density at radius 3 is 2.00 bits per heavy atom. The minimum absolute atomic E-state index is 0. The predicted molar refractivity (Wildman–Crippen MR) is 31.9 cm³/mol. The molecule has 0 radical (unpaired) electrons. The number of likely N-dealkylation sites (N-methyl/N-ethyl adjacent to an activating group) is 1. The largest absolute Gasteiger partial charge is 1.00 e. The SMILES string of the molecule is CC(C(=O)O)N(C)C.[H-].[Li+]. The Hall–Kier alpha value is 0.0274. The maximum absolute atomic E-state index is 10.1. The zero-order chi connectivity index (χ0) is 6.73. The van der Waals surface area contributed by atoms with E-state index in [1.807, 2.05) is 0 Å². The molecule has 50 valence electrons. The molecule has 0 rings (SSSR count). The van der Waals surface area contributed by atoms with Gasteiger partial charge in [-0.25, -0.2) is 0 Å². The van der Waals surface area contributed by atoms with Crippen molar-refractivity contribution in [3.63, 3.8) is 0 Å². The summed E-state index contributed by atoms with van der Waals surface area (Å²) in [6, 6.07) is -0.380. The van der Waals surface area contributed by atoms with E-state index in [0.717, 1.165) is 0 Å². The van der Waals surface area contributed by atoms with E-state index < -0.39 is 5.97 Å². The molecule has 0 saturated carbocycles. The molecule has 0 aliphatic heterocycles. The van der Waals surface area contributed by atoms with Crippen molar-refractivity contribution in [2.45, 2.75) is 13.0 Å². The van der Waals surface area contributed by atoms with Gasteiger partial charge in [0.15, 0.2) is 0 Å². The molecule has 1 unspecified atom stereocenters. The molecule has 0 aliphatic rings. The van der Waals surface area contributed by atoms with E-state index in [9.17, 15) is 4.79 Å². The normalized spacial score (nSPS) is 12.4. The molecule has 0 bridgehead atoms. The van der Waals surface area contributed by atoms with Gasteiger partial charge in [-0.3, -0.25) is 9.69 Å². The van der Waals surface area contributed by atoms with Crippen LogP contribution in [0.4, 0.5) is 0 Å². The van der Waals surface area contributed by atoms with Crippen LogP contribution in [-0.4, -0.2) is 36.1 Å². The molecule has 0 aliphatic carbocycles. The van der Waals surface area contributed by atoms with Crippen molar-refractivity contribution in [2.75, 3.05) is 14.1 Å². The second-order valence-corrected chi connectivity index (χ2v) is 1.98. The van der Waals surface area contributed by atoms with Crippen molar-refractivity contribution in [2.24, 2.45) is 0 Å². The van der Waals surface area contributed by atoms with Crippen LogP contribution in [0.15, 0.2) is 0 Å². The van der Waals surface area contributed by atoms with Gasteiger partial charge in [-0.05, 0) is 21.0 Å². The van der Waals surface area contributed by atoms with Crippen LogP contribution in [0.5, 0.6) is 0 Å². The van der Waals surface area contributed by atoms with Gasteiger partial charge in [0.05, 0.1) is 0 Å². The van der Waals surface area contributed by atoms with Crippen molar-refractivity contribution >= 4 is 5.97 Å². The predicted octanol–water partition coefficient (Wildman–Crippen LogP) is -2.86. The number of hydrogen-bond acceptors (Lipinski definition) is 2. The molecule has 0 heterocycles. The Bertz CT molecular complexity index is 99.6. The van der Waals surface area contributed by atoms with E-state index in [4.69, 9.17) is 5.11 Å². The number of hydrogen-bond donors (Lipinski definition) is 1. The number of rotatable bonds is 2. The summed E-state index contributed by atoms with van der Waals surface area (Å²) in [6.07, 6.45) is 0. The molecular formula is C5H12LiNO2. The second kappa shape index (κ2) is 4.86. The summed E-state index contributed by atoms with van der Waals surface area (Å²) in [6.45, 7) is 1.64. The van der Waals surface area contributed by atoms with Crippen molar-refractivity contribution in [3.05, 3.63) is 0 Å². The number of aliphatic carboxylic acids is 1. The fraction of sp³-hybridized carbons (Fsp3) is 0.800. The summed E-state index contributed by atoms with van der Waals surface area (Å²) in [7, 11) is 3.47. The zero-order valence-corrected chi connectivity index (χ0v) is 6.38. The van der Waals surface area contributed by atoms with Crippen molar-refractivity contribution in [1.29, 1.82) is 0 Å². The molecule has 0 saturated heterocycles. The Morgan fingerprint density at radius 1 is 1.67 bits per heavy atom. The molecule has 3 nitrogen and oxygen atoms in total. The minimum atomic E-state index is -0.782. The quantitative estimate of drug-likeness (QED) is 0.403. The average Bonchev–Trinajstić information content (AvgIpc) is 1.64. The second-order valence-electron chi connectivity index (χ2n) is 1.98. The molecular weight excluding hydrogens is 113 g/mol. The van der Waals surface area contributed by atoms with Crippen LogP contribution in [0.2, 0.25) is 0 Å². The fourth-order valence-electron chi connectivity index (χ4n) is 0.221. The van der Waals surface area contributed by atoms with E-state index >= 15 is 0 Å². The van der Waals surface area contributed by atoms with Crippen LogP contribution in [0.25, 0.3) is 0 Å². The van der Waals surface area contributed by atoms with Crippen LogP contribution >= 0.6 is 0 Å². The summed E-state index contributed by atoms with van der Waals surface area (Å²) in [5, 5.41) is 8.31. The van der Waals surface area contributed by atoms with Crippen LogP contribution in [0, 0.1) is 0 Å². The van der Waals surface area contributed by atoms with E-state index in [1.54, 1.807) is 25.9 Å². The van der Waals surface area contributed by atoms with Gasteiger partial charge in [-0.15, -0.1) is 0 Å². The van der Waals surface area contributed by atoms with E-state index in [-0.39, 0.29) is 26.3 Å². The van der Waals surface area contributed by atoms with Gasteiger partial charge in [0, 0.05) is 0 Å². The first-order valence-corrected chi connectivity index (χ1v) is 2.45. The Kier molecular flexibility index (Phi) is 6.37. The number of carboxylic acids is 1. The van der Waals surface area contributed by atoms with Crippen LogP contribution in [-0.2, 0) is 4.79 Å². The van der Waals surface area contributed by atoms with Crippen molar-refractivity contribution in [3.8, 4) is 0 Å². The summed E-state index contributed by atoms with van der Waals surface area (Å²) < 4.78 is 0. The van der Waals surface area contributed by atoms with Gasteiger partial charge >= 0.3 is 24.8 Å². The Labute approximate surface area is 68.7 Å². The first-order chi connectivity index (χ1) is 3.55. The summed E-state index contributed by atoms with van der Waals surface area (Å²) >= 11 is 0. The molecule has 1 atom stereocenters. The van der Waals surface area contributed by atoms with Crippen LogP contribution in [0.3, 0.4) is 0 Å². The molecule has 4 heteroatoms. The van der Waals surface area contributed by atoms with E-state index in [0.29, 0.717) is 0 Å². The average molecular weight is 125 g/mol. The molecule has 0 amide bonds. The summed E-state index contributed by atoms with van der Waals surface area (Å²) in [4.78, 5) is 11.7. The molecule has 9 heavy (non-hydrogen) atoms. The van der Waals surface area contributed by atoms with Gasteiger partial charge in [0.1, 0.15) is 6.04 Å². The number of nitrogens with zero attached hydrogens (tertiary/aromatic N) is 1. The smallest absolute Gasteiger partial charge is 1.00 e. The fourth-order valence-corrected chi connectivity index (χ4v) is 0.221. The third-order valence-corrected chi connectivity index (χ3v) is 1.13. The molecule has 0 aromatic heterocycles. The van der Waals surface area contributed by atoms with Crippen molar-refractivity contribution in [1.82, 2.24) is 4.90 Å². The van der Waals surface area contributed by atoms with E-state index in [1.165, 1.54) is 0 Å². The monoisotopic (exact) mass is 125 g/mol. The van der Waals surface area contributed by atoms with Crippen LogP contribution in [0.1, 0.15) is 8.35 Å². The van der Waals surface area contributed by atoms with Gasteiger partial charge in [0.25, 0.3) is 0 Å². The topological polar surface area (TPSA) is 40.5 Å². The molecule has 0 spiro atoms. The van der Waals surface area contributed by atoms with Gasteiger partial charge in [-0.1, -0.05) is 0 Å². The minimum Gasteiger partial charge on any atom is -1.00 e. The Morgan fingerprint density at radius 2 is 2.00 bits per heavy atom. The summed E-state index contributed by atoms with van der Waals surface area (Å²) in [5.41, 5.74) is 0. The third-order valence-electron chi connectivity index (χ3n) is 1.13. The number of carbonyl (C=O) groups is 1. The Balaban J connectivity index is -0.000000245. The first-order valence-electron chi connectivity index (χ1n) is 2.45. The molecule has 0 aromatic carbocycles. The maximum atomic E-state index is 10.1. The standard InChI is InChI=1S/C5H11NO2.Li.H/c1-4(5(7)8)6(2)3;;/h4H,1-3H3,(H,7,8);;/q;+1;-1. The zero-order valence-electron chi connectivity index (χ0n) is 7.38. The van der Waals surface area contributed by atoms with E-state index in [2.05, 4.69) is 0 Å². The van der Waals surface area contributed by atoms with Crippen molar-refractivity contribution < 1.29 is 30.2 Å². The maximum Gasteiger partial charge on any atom is 1.00 e.